The average molecular weight is 249 g/mol. The molecule has 66 valence electrons. The van der Waals surface area contributed by atoms with Crippen LogP contribution in [0.2, 0.25) is 0 Å². The van der Waals surface area contributed by atoms with Gasteiger partial charge in [-0.2, -0.15) is 0 Å². The van der Waals surface area contributed by atoms with Crippen molar-refractivity contribution in [3.05, 3.63) is 28.7 Å². The second-order valence-corrected chi connectivity index (χ2v) is 5.87. The first-order valence-corrected chi connectivity index (χ1v) is 6.33. The predicted octanol–water partition coefficient (Wildman–Crippen LogP) is 2.63. The molecule has 0 bridgehead atoms. The Morgan fingerprint density at radius 2 is 2.00 bits per heavy atom. The average Bonchev–Trinajstić information content (AvgIpc) is 2.05. The van der Waals surface area contributed by atoms with Crippen molar-refractivity contribution in [2.75, 3.05) is 13.8 Å². The minimum Gasteiger partial charge on any atom is -0.329 e. The Hall–Kier alpha value is -0.110. The highest BCUT2D eigenvalue weighted by atomic mass is 79.9. The fourth-order valence-electron chi connectivity index (χ4n) is 0.879. The predicted molar refractivity (Wildman–Crippen MR) is 54.3 cm³/mol. The molecule has 0 aliphatic rings. The summed E-state index contributed by atoms with van der Waals surface area (Å²) in [6.45, 7) is 1.60. The Morgan fingerprint density at radius 3 is 2.50 bits per heavy atom. The molecule has 0 saturated heterocycles. The van der Waals surface area contributed by atoms with E-state index in [2.05, 4.69) is 15.9 Å². The van der Waals surface area contributed by atoms with Crippen molar-refractivity contribution < 1.29 is 9.09 Å². The molecule has 0 spiro atoms. The zero-order valence-corrected chi connectivity index (χ0v) is 9.43. The van der Waals surface area contributed by atoms with Crippen LogP contribution in [0.15, 0.2) is 28.7 Å². The van der Waals surface area contributed by atoms with E-state index in [1.54, 1.807) is 12.7 Å². The minimum atomic E-state index is -2.61. The normalized spacial score (nSPS) is 15.6. The number of halogens is 1. The maximum Gasteiger partial charge on any atom is 0.230 e. The van der Waals surface area contributed by atoms with E-state index in [9.17, 15) is 4.57 Å². The second-order valence-electron chi connectivity index (χ2n) is 2.48. The zero-order valence-electron chi connectivity index (χ0n) is 6.95. The van der Waals surface area contributed by atoms with E-state index in [-0.39, 0.29) is 0 Å². The van der Waals surface area contributed by atoms with Crippen LogP contribution in [0.25, 0.3) is 0 Å². The van der Waals surface area contributed by atoms with Gasteiger partial charge in [0.25, 0.3) is 0 Å². The zero-order chi connectivity index (χ0) is 9.19. The highest BCUT2D eigenvalue weighted by Gasteiger charge is 2.19. The van der Waals surface area contributed by atoms with Gasteiger partial charge in [-0.25, -0.2) is 0 Å². The number of hydrogen-bond acceptors (Lipinski definition) is 2. The van der Waals surface area contributed by atoms with Gasteiger partial charge in [0, 0.05) is 18.2 Å². The van der Waals surface area contributed by atoms with Gasteiger partial charge in [-0.15, -0.1) is 0 Å². The summed E-state index contributed by atoms with van der Waals surface area (Å²) >= 11 is 3.32. The lowest BCUT2D eigenvalue weighted by Crippen LogP contribution is -2.06. The molecule has 0 aliphatic heterocycles. The maximum absolute atomic E-state index is 11.8. The van der Waals surface area contributed by atoms with Crippen LogP contribution < -0.4 is 5.30 Å². The van der Waals surface area contributed by atoms with Crippen molar-refractivity contribution in [1.82, 2.24) is 0 Å². The first-order valence-electron chi connectivity index (χ1n) is 3.46. The van der Waals surface area contributed by atoms with Crippen molar-refractivity contribution in [2.24, 2.45) is 0 Å². The Bertz CT molecular complexity index is 325. The third kappa shape index (κ3) is 1.98. The summed E-state index contributed by atoms with van der Waals surface area (Å²) in [5.41, 5.74) is 0. The summed E-state index contributed by atoms with van der Waals surface area (Å²) < 4.78 is 17.5. The van der Waals surface area contributed by atoms with Gasteiger partial charge in [0.2, 0.25) is 7.37 Å². The Labute approximate surface area is 80.5 Å². The van der Waals surface area contributed by atoms with Crippen LogP contribution >= 0.6 is 23.3 Å². The smallest absolute Gasteiger partial charge is 0.230 e. The van der Waals surface area contributed by atoms with Crippen molar-refractivity contribution in [2.45, 2.75) is 0 Å². The number of rotatable bonds is 2. The van der Waals surface area contributed by atoms with Gasteiger partial charge in [-0.1, -0.05) is 12.1 Å². The first kappa shape index (κ1) is 9.97. The molecule has 1 atom stereocenters. The molecule has 0 aromatic heterocycles. The number of benzene rings is 1. The van der Waals surface area contributed by atoms with Crippen LogP contribution in [0.1, 0.15) is 0 Å². The van der Waals surface area contributed by atoms with Gasteiger partial charge in [-0.3, -0.25) is 4.57 Å². The van der Waals surface area contributed by atoms with Gasteiger partial charge >= 0.3 is 0 Å². The van der Waals surface area contributed by atoms with Gasteiger partial charge in [0.05, 0.1) is 5.30 Å². The lowest BCUT2D eigenvalue weighted by atomic mass is 10.4. The molecule has 0 N–H and O–H groups in total. The molecule has 2 nitrogen and oxygen atoms in total. The van der Waals surface area contributed by atoms with E-state index < -0.39 is 7.37 Å². The molecule has 0 amide bonds. The summed E-state index contributed by atoms with van der Waals surface area (Å²) in [4.78, 5) is 0. The highest BCUT2D eigenvalue weighted by Crippen LogP contribution is 2.42. The van der Waals surface area contributed by atoms with Gasteiger partial charge in [0.15, 0.2) is 0 Å². The fourth-order valence-corrected chi connectivity index (χ4v) is 3.15. The third-order valence-electron chi connectivity index (χ3n) is 1.64. The van der Waals surface area contributed by atoms with Crippen molar-refractivity contribution in [1.29, 1.82) is 0 Å². The third-order valence-corrected chi connectivity index (χ3v) is 4.60. The van der Waals surface area contributed by atoms with E-state index in [0.717, 1.165) is 9.78 Å². The standard InChI is InChI=1S/C8H10BrO2P/c1-11-12(2,10)8-6-4-3-5-7(8)9/h3-6H,1-2H3. The van der Waals surface area contributed by atoms with Crippen molar-refractivity contribution in [3.63, 3.8) is 0 Å². The Morgan fingerprint density at radius 1 is 1.42 bits per heavy atom. The minimum absolute atomic E-state index is 0.729. The molecule has 0 saturated carbocycles. The molecule has 12 heavy (non-hydrogen) atoms. The van der Waals surface area contributed by atoms with Crippen LogP contribution in [0, 0.1) is 0 Å². The molecule has 0 heterocycles. The molecule has 1 unspecified atom stereocenters. The highest BCUT2D eigenvalue weighted by molar-refractivity contribution is 9.10. The van der Waals surface area contributed by atoms with E-state index in [0.29, 0.717) is 0 Å². The topological polar surface area (TPSA) is 26.3 Å². The summed E-state index contributed by atoms with van der Waals surface area (Å²) in [7, 11) is -1.15. The van der Waals surface area contributed by atoms with Crippen LogP contribution in [0.4, 0.5) is 0 Å². The van der Waals surface area contributed by atoms with Gasteiger partial charge in [0.1, 0.15) is 0 Å². The monoisotopic (exact) mass is 248 g/mol. The molecule has 1 aromatic rings. The molecule has 1 rings (SSSR count). The summed E-state index contributed by atoms with van der Waals surface area (Å²) in [5.74, 6) is 0. The molecule has 4 heteroatoms. The quantitative estimate of drug-likeness (QED) is 0.753. The summed E-state index contributed by atoms with van der Waals surface area (Å²) in [5, 5.41) is 0.729. The van der Waals surface area contributed by atoms with Crippen molar-refractivity contribution in [3.8, 4) is 0 Å². The van der Waals surface area contributed by atoms with Crippen LogP contribution in [0.5, 0.6) is 0 Å². The van der Waals surface area contributed by atoms with Crippen LogP contribution in [-0.2, 0) is 9.09 Å². The molecule has 0 fully saturated rings. The summed E-state index contributed by atoms with van der Waals surface area (Å²) in [6, 6.07) is 7.37. The summed E-state index contributed by atoms with van der Waals surface area (Å²) in [6.07, 6.45) is 0. The van der Waals surface area contributed by atoms with E-state index >= 15 is 0 Å². The molecule has 0 aliphatic carbocycles. The first-order chi connectivity index (χ1) is 5.58. The van der Waals surface area contributed by atoms with E-state index in [1.807, 2.05) is 18.2 Å². The molecular weight excluding hydrogens is 239 g/mol. The Balaban J connectivity index is 3.20. The molecule has 1 aromatic carbocycles. The Kier molecular flexibility index (Phi) is 3.10. The molecule has 0 radical (unpaired) electrons. The van der Waals surface area contributed by atoms with E-state index in [4.69, 9.17) is 4.52 Å². The van der Waals surface area contributed by atoms with Crippen molar-refractivity contribution >= 4 is 28.6 Å². The van der Waals surface area contributed by atoms with Gasteiger partial charge < -0.3 is 4.52 Å². The van der Waals surface area contributed by atoms with E-state index in [1.165, 1.54) is 7.11 Å². The SMILES string of the molecule is COP(C)(=O)c1ccccc1Br. The second kappa shape index (κ2) is 3.73. The lowest BCUT2D eigenvalue weighted by Gasteiger charge is -2.11. The fraction of sp³-hybridized carbons (Fsp3) is 0.250. The number of hydrogen-bond donors (Lipinski definition) is 0. The van der Waals surface area contributed by atoms with Crippen LogP contribution in [-0.4, -0.2) is 13.8 Å². The van der Waals surface area contributed by atoms with Crippen LogP contribution in [0.3, 0.4) is 0 Å². The lowest BCUT2D eigenvalue weighted by molar-refractivity contribution is 0.408. The maximum atomic E-state index is 11.8. The van der Waals surface area contributed by atoms with Gasteiger partial charge in [-0.05, 0) is 28.1 Å². The largest absolute Gasteiger partial charge is 0.329 e. The molecular formula is C8H10BrO2P.